The Bertz CT molecular complexity index is 903. The van der Waals surface area contributed by atoms with Crippen LogP contribution < -0.4 is 10.1 Å². The van der Waals surface area contributed by atoms with E-state index in [9.17, 15) is 9.59 Å². The summed E-state index contributed by atoms with van der Waals surface area (Å²) in [6.45, 7) is 0. The van der Waals surface area contributed by atoms with Gasteiger partial charge in [-0.3, -0.25) is 9.59 Å². The maximum atomic E-state index is 12.4. The maximum Gasteiger partial charge on any atom is 0.303 e. The molecule has 1 amide bonds. The van der Waals surface area contributed by atoms with Crippen molar-refractivity contribution in [3.63, 3.8) is 0 Å². The second kappa shape index (κ2) is 8.67. The number of carbonyl (C=O) groups is 2. The van der Waals surface area contributed by atoms with E-state index in [0.29, 0.717) is 23.4 Å². The molecule has 0 aromatic heterocycles. The predicted octanol–water partition coefficient (Wildman–Crippen LogP) is 4.75. The van der Waals surface area contributed by atoms with Gasteiger partial charge in [0.2, 0.25) is 0 Å². The van der Waals surface area contributed by atoms with Crippen molar-refractivity contribution in [2.75, 3.05) is 5.32 Å². The van der Waals surface area contributed by atoms with Crippen molar-refractivity contribution in [1.82, 2.24) is 0 Å². The topological polar surface area (TPSA) is 75.6 Å². The van der Waals surface area contributed by atoms with Crippen LogP contribution in [0.25, 0.3) is 0 Å². The molecule has 136 valence electrons. The standard InChI is InChI=1S/C22H19NO4/c24-21(25)15-8-16-6-11-18(12-7-16)23-22(26)17-9-13-20(14-10-17)27-19-4-2-1-3-5-19/h1-7,9-14H,8,15H2,(H,23,26)(H,24,25). The summed E-state index contributed by atoms with van der Waals surface area (Å²) in [6, 6.07) is 23.5. The molecule has 0 bridgehead atoms. The van der Waals surface area contributed by atoms with E-state index in [-0.39, 0.29) is 12.3 Å². The number of hydrogen-bond acceptors (Lipinski definition) is 3. The highest BCUT2D eigenvalue weighted by Crippen LogP contribution is 2.21. The molecule has 3 aromatic carbocycles. The first-order valence-corrected chi connectivity index (χ1v) is 8.55. The summed E-state index contributed by atoms with van der Waals surface area (Å²) in [5.41, 5.74) is 2.09. The quantitative estimate of drug-likeness (QED) is 0.637. The normalized spacial score (nSPS) is 10.2. The molecule has 0 spiro atoms. The molecule has 5 nitrogen and oxygen atoms in total. The number of rotatable bonds is 7. The van der Waals surface area contributed by atoms with Gasteiger partial charge in [0, 0.05) is 17.7 Å². The molecule has 0 aliphatic rings. The second-order valence-electron chi connectivity index (χ2n) is 5.98. The first kappa shape index (κ1) is 18.2. The Morgan fingerprint density at radius 1 is 0.815 bits per heavy atom. The molecular formula is C22H19NO4. The molecule has 0 fully saturated rings. The van der Waals surface area contributed by atoms with Crippen molar-refractivity contribution in [3.05, 3.63) is 90.0 Å². The van der Waals surface area contributed by atoms with E-state index < -0.39 is 5.97 Å². The molecule has 0 aliphatic carbocycles. The fourth-order valence-electron chi connectivity index (χ4n) is 2.51. The van der Waals surface area contributed by atoms with Gasteiger partial charge in [-0.15, -0.1) is 0 Å². The summed E-state index contributed by atoms with van der Waals surface area (Å²) in [7, 11) is 0. The highest BCUT2D eigenvalue weighted by molar-refractivity contribution is 6.04. The van der Waals surface area contributed by atoms with Crippen molar-refractivity contribution in [3.8, 4) is 11.5 Å². The molecule has 0 aliphatic heterocycles. The molecule has 3 aromatic rings. The van der Waals surface area contributed by atoms with E-state index >= 15 is 0 Å². The summed E-state index contributed by atoms with van der Waals surface area (Å²) in [6.07, 6.45) is 0.551. The number of carbonyl (C=O) groups excluding carboxylic acids is 1. The van der Waals surface area contributed by atoms with E-state index in [4.69, 9.17) is 9.84 Å². The van der Waals surface area contributed by atoms with Gasteiger partial charge in [-0.1, -0.05) is 30.3 Å². The van der Waals surface area contributed by atoms with Crippen LogP contribution in [0.1, 0.15) is 22.3 Å². The average molecular weight is 361 g/mol. The maximum absolute atomic E-state index is 12.4. The van der Waals surface area contributed by atoms with Gasteiger partial charge in [0.25, 0.3) is 5.91 Å². The van der Waals surface area contributed by atoms with Crippen LogP contribution in [-0.4, -0.2) is 17.0 Å². The van der Waals surface area contributed by atoms with Crippen LogP contribution in [0.4, 0.5) is 5.69 Å². The third kappa shape index (κ3) is 5.44. The first-order chi connectivity index (χ1) is 13.1. The van der Waals surface area contributed by atoms with E-state index in [1.807, 2.05) is 42.5 Å². The Kier molecular flexibility index (Phi) is 5.84. The Balaban J connectivity index is 1.58. The predicted molar refractivity (Wildman–Crippen MR) is 103 cm³/mol. The van der Waals surface area contributed by atoms with Crippen LogP contribution in [0.2, 0.25) is 0 Å². The van der Waals surface area contributed by atoms with Gasteiger partial charge >= 0.3 is 5.97 Å². The number of carboxylic acids is 1. The lowest BCUT2D eigenvalue weighted by Crippen LogP contribution is -2.11. The van der Waals surface area contributed by atoms with Crippen LogP contribution in [0.15, 0.2) is 78.9 Å². The van der Waals surface area contributed by atoms with E-state index in [1.54, 1.807) is 36.4 Å². The fraction of sp³-hybridized carbons (Fsp3) is 0.0909. The average Bonchev–Trinajstić information content (AvgIpc) is 2.69. The van der Waals surface area contributed by atoms with Gasteiger partial charge in [-0.2, -0.15) is 0 Å². The molecule has 0 saturated heterocycles. The number of hydrogen-bond donors (Lipinski definition) is 2. The number of carboxylic acid groups (broad SMARTS) is 1. The highest BCUT2D eigenvalue weighted by Gasteiger charge is 2.07. The summed E-state index contributed by atoms with van der Waals surface area (Å²) in [4.78, 5) is 23.0. The summed E-state index contributed by atoms with van der Waals surface area (Å²) < 4.78 is 5.71. The molecule has 2 N–H and O–H groups in total. The summed E-state index contributed by atoms with van der Waals surface area (Å²) >= 11 is 0. The Labute approximate surface area is 157 Å². The largest absolute Gasteiger partial charge is 0.481 e. The van der Waals surface area contributed by atoms with Gasteiger partial charge in [0.05, 0.1) is 0 Å². The molecule has 0 atom stereocenters. The molecule has 5 heteroatoms. The number of nitrogens with one attached hydrogen (secondary N) is 1. The van der Waals surface area contributed by atoms with Crippen molar-refractivity contribution in [2.45, 2.75) is 12.8 Å². The number of para-hydroxylation sites is 1. The number of benzene rings is 3. The minimum Gasteiger partial charge on any atom is -0.481 e. The van der Waals surface area contributed by atoms with Crippen LogP contribution in [-0.2, 0) is 11.2 Å². The van der Waals surface area contributed by atoms with Gasteiger partial charge in [0.15, 0.2) is 0 Å². The number of ether oxygens (including phenoxy) is 1. The zero-order chi connectivity index (χ0) is 19.1. The molecular weight excluding hydrogens is 342 g/mol. The number of aryl methyl sites for hydroxylation is 1. The van der Waals surface area contributed by atoms with Crippen LogP contribution in [0.3, 0.4) is 0 Å². The van der Waals surface area contributed by atoms with E-state index in [2.05, 4.69) is 5.32 Å². The van der Waals surface area contributed by atoms with Crippen molar-refractivity contribution in [2.24, 2.45) is 0 Å². The van der Waals surface area contributed by atoms with Gasteiger partial charge in [0.1, 0.15) is 11.5 Å². The van der Waals surface area contributed by atoms with Crippen molar-refractivity contribution >= 4 is 17.6 Å². The second-order valence-corrected chi connectivity index (χ2v) is 5.98. The van der Waals surface area contributed by atoms with Crippen molar-refractivity contribution in [1.29, 1.82) is 0 Å². The van der Waals surface area contributed by atoms with Gasteiger partial charge in [-0.05, 0) is 60.5 Å². The van der Waals surface area contributed by atoms with E-state index in [1.165, 1.54) is 0 Å². The third-order valence-corrected chi connectivity index (χ3v) is 3.93. The lowest BCUT2D eigenvalue weighted by atomic mass is 10.1. The number of aliphatic carboxylic acids is 1. The van der Waals surface area contributed by atoms with Crippen LogP contribution in [0, 0.1) is 0 Å². The zero-order valence-electron chi connectivity index (χ0n) is 14.6. The third-order valence-electron chi connectivity index (χ3n) is 3.93. The van der Waals surface area contributed by atoms with E-state index in [0.717, 1.165) is 11.3 Å². The van der Waals surface area contributed by atoms with Gasteiger partial charge < -0.3 is 15.2 Å². The molecule has 27 heavy (non-hydrogen) atoms. The monoisotopic (exact) mass is 361 g/mol. The van der Waals surface area contributed by atoms with Crippen LogP contribution >= 0.6 is 0 Å². The lowest BCUT2D eigenvalue weighted by Gasteiger charge is -2.08. The number of amides is 1. The SMILES string of the molecule is O=C(O)CCc1ccc(NC(=O)c2ccc(Oc3ccccc3)cc2)cc1. The molecule has 0 heterocycles. The minimum atomic E-state index is -0.827. The summed E-state index contributed by atoms with van der Waals surface area (Å²) in [5.74, 6) is 0.338. The Morgan fingerprint density at radius 2 is 1.44 bits per heavy atom. The van der Waals surface area contributed by atoms with Crippen molar-refractivity contribution < 1.29 is 19.4 Å². The first-order valence-electron chi connectivity index (χ1n) is 8.55. The highest BCUT2D eigenvalue weighted by atomic mass is 16.5. The number of anilines is 1. The molecule has 0 radical (unpaired) electrons. The fourth-order valence-corrected chi connectivity index (χ4v) is 2.51. The molecule has 0 unspecified atom stereocenters. The molecule has 3 rings (SSSR count). The zero-order valence-corrected chi connectivity index (χ0v) is 14.6. The van der Waals surface area contributed by atoms with Gasteiger partial charge in [-0.25, -0.2) is 0 Å². The Hall–Kier alpha value is -3.60. The Morgan fingerprint density at radius 3 is 2.07 bits per heavy atom. The summed E-state index contributed by atoms with van der Waals surface area (Å²) in [5, 5.41) is 11.5. The van der Waals surface area contributed by atoms with Crippen LogP contribution in [0.5, 0.6) is 11.5 Å². The molecule has 0 saturated carbocycles. The smallest absolute Gasteiger partial charge is 0.303 e. The minimum absolute atomic E-state index is 0.0864. The lowest BCUT2D eigenvalue weighted by molar-refractivity contribution is -0.136.